The summed E-state index contributed by atoms with van der Waals surface area (Å²) in [6, 6.07) is 4.59. The molecular weight excluding hydrogens is 617 g/mol. The second kappa shape index (κ2) is 11.1. The van der Waals surface area contributed by atoms with Crippen molar-refractivity contribution in [2.24, 2.45) is 0 Å². The molecule has 0 saturated heterocycles. The number of imide groups is 1. The van der Waals surface area contributed by atoms with Crippen LogP contribution in [0.2, 0.25) is 0 Å². The zero-order valence-electron chi connectivity index (χ0n) is 16.2. The van der Waals surface area contributed by atoms with E-state index in [9.17, 15) is 9.59 Å². The highest BCUT2D eigenvalue weighted by Gasteiger charge is 2.36. The van der Waals surface area contributed by atoms with Crippen LogP contribution in [0, 0.1) is 0 Å². The molecule has 0 radical (unpaired) electrons. The third-order valence-corrected chi connectivity index (χ3v) is 5.17. The lowest BCUT2D eigenvalue weighted by atomic mass is 10.1. The highest BCUT2D eigenvalue weighted by atomic mass is 79.9. The quantitative estimate of drug-likeness (QED) is 0.334. The van der Waals surface area contributed by atoms with Gasteiger partial charge < -0.3 is 9.47 Å². The monoisotopic (exact) mass is 626 g/mol. The Labute approximate surface area is 221 Å². The molecule has 0 aliphatic rings. The highest BCUT2D eigenvalue weighted by molar-refractivity contribution is 9.10. The number of carbonyl (C=O) groups is 2. The van der Waals surface area contributed by atoms with E-state index in [0.29, 0.717) is 9.37 Å². The van der Waals surface area contributed by atoms with Crippen LogP contribution >= 0.6 is 85.5 Å². The van der Waals surface area contributed by atoms with Crippen molar-refractivity contribution in [1.82, 2.24) is 15.0 Å². The smallest absolute Gasteiger partial charge is 0.424 e. The van der Waals surface area contributed by atoms with E-state index >= 15 is 0 Å². The van der Waals surface area contributed by atoms with E-state index in [0.717, 1.165) is 0 Å². The van der Waals surface area contributed by atoms with Crippen LogP contribution < -0.4 is 4.90 Å². The summed E-state index contributed by atoms with van der Waals surface area (Å²) < 4.78 is 6.15. The summed E-state index contributed by atoms with van der Waals surface area (Å²) in [4.78, 5) is 38.1. The van der Waals surface area contributed by atoms with Crippen LogP contribution in [0.15, 0.2) is 22.7 Å². The number of alkyl halides is 6. The van der Waals surface area contributed by atoms with Crippen molar-refractivity contribution >= 4 is 103 Å². The van der Waals surface area contributed by atoms with Crippen molar-refractivity contribution in [1.29, 1.82) is 0 Å². The lowest BCUT2D eigenvalue weighted by Crippen LogP contribution is -2.38. The van der Waals surface area contributed by atoms with Crippen molar-refractivity contribution in [3.8, 4) is 11.4 Å². The summed E-state index contributed by atoms with van der Waals surface area (Å²) in [6.07, 6.45) is -2.00. The van der Waals surface area contributed by atoms with E-state index in [4.69, 9.17) is 79.1 Å². The van der Waals surface area contributed by atoms with Gasteiger partial charge in [0.05, 0.1) is 24.5 Å². The van der Waals surface area contributed by atoms with E-state index in [1.165, 1.54) is 6.07 Å². The second-order valence-corrected chi connectivity index (χ2v) is 11.1. The number of amides is 2. The molecule has 2 aromatic rings. The molecule has 0 aliphatic carbocycles. The minimum atomic E-state index is -2.11. The van der Waals surface area contributed by atoms with Gasteiger partial charge in [-0.15, -0.1) is 0 Å². The minimum absolute atomic E-state index is 0.00133. The summed E-state index contributed by atoms with van der Waals surface area (Å²) in [5.74, 6) is -0.868. The summed E-state index contributed by atoms with van der Waals surface area (Å²) in [7, 11) is 0. The molecule has 1 heterocycles. The lowest BCUT2D eigenvalue weighted by Gasteiger charge is -2.23. The van der Waals surface area contributed by atoms with Gasteiger partial charge >= 0.3 is 12.2 Å². The first-order valence-corrected chi connectivity index (χ1v) is 11.7. The molecular formula is C17H13BrCl6N4O4. The summed E-state index contributed by atoms with van der Waals surface area (Å²) in [6.45, 7) is 3.16. The normalized spacial score (nSPS) is 11.8. The molecule has 0 saturated carbocycles. The van der Waals surface area contributed by atoms with Gasteiger partial charge in [-0.2, -0.15) is 4.90 Å². The first-order chi connectivity index (χ1) is 14.8. The van der Waals surface area contributed by atoms with Gasteiger partial charge in [0.15, 0.2) is 17.5 Å². The number of nitrogens with zero attached hydrogens (tertiary/aromatic N) is 4. The third-order valence-electron chi connectivity index (χ3n) is 3.50. The maximum atomic E-state index is 12.6. The molecule has 2 rings (SSSR count). The number of hydrogen-bond acceptors (Lipinski definition) is 7. The molecule has 0 aliphatic heterocycles. The van der Waals surface area contributed by atoms with Crippen molar-refractivity contribution in [2.45, 2.75) is 21.4 Å². The van der Waals surface area contributed by atoms with Crippen LogP contribution in [0.1, 0.15) is 25.5 Å². The lowest BCUT2D eigenvalue weighted by molar-refractivity contribution is 0.140. The van der Waals surface area contributed by atoms with E-state index in [1.807, 2.05) is 0 Å². The van der Waals surface area contributed by atoms with E-state index in [-0.39, 0.29) is 41.9 Å². The van der Waals surface area contributed by atoms with Crippen LogP contribution in [0.5, 0.6) is 0 Å². The molecule has 15 heteroatoms. The number of hydrogen-bond donors (Lipinski definition) is 0. The van der Waals surface area contributed by atoms with Gasteiger partial charge in [-0.05, 0) is 41.9 Å². The van der Waals surface area contributed by atoms with Crippen LogP contribution in [-0.2, 0) is 17.1 Å². The van der Waals surface area contributed by atoms with Gasteiger partial charge in [0.25, 0.3) is 0 Å². The van der Waals surface area contributed by atoms with E-state index in [2.05, 4.69) is 30.9 Å². The zero-order chi connectivity index (χ0) is 24.3. The Hall–Kier alpha value is -0.810. The molecule has 174 valence electrons. The topological polar surface area (TPSA) is 94.5 Å². The number of rotatable bonds is 4. The molecule has 32 heavy (non-hydrogen) atoms. The molecule has 0 bridgehead atoms. The van der Waals surface area contributed by atoms with Crippen molar-refractivity contribution in [3.05, 3.63) is 34.3 Å². The third kappa shape index (κ3) is 6.62. The SMILES string of the molecule is CCOC(=O)N(C(=O)OCC)c1cccc(Br)c1-c1nc(C(Cl)(Cl)Cl)nc(C(Cl)(Cl)Cl)n1. The molecule has 0 N–H and O–H groups in total. The van der Waals surface area contributed by atoms with Gasteiger partial charge in [0.1, 0.15) is 0 Å². The van der Waals surface area contributed by atoms with Crippen molar-refractivity contribution in [3.63, 3.8) is 0 Å². The van der Waals surface area contributed by atoms with Crippen LogP contribution in [0.3, 0.4) is 0 Å². The summed E-state index contributed by atoms with van der Waals surface area (Å²) >= 11 is 39.0. The van der Waals surface area contributed by atoms with Gasteiger partial charge in [-0.1, -0.05) is 75.7 Å². The molecule has 0 unspecified atom stereocenters. The minimum Gasteiger partial charge on any atom is -0.449 e. The average Bonchev–Trinajstić information content (AvgIpc) is 2.67. The fourth-order valence-corrected chi connectivity index (χ4v) is 3.35. The number of benzene rings is 1. The Morgan fingerprint density at radius 1 is 0.906 bits per heavy atom. The fraction of sp³-hybridized carbons (Fsp3) is 0.353. The second-order valence-electron chi connectivity index (χ2n) is 5.67. The zero-order valence-corrected chi connectivity index (χ0v) is 22.3. The van der Waals surface area contributed by atoms with Gasteiger partial charge in [0.2, 0.25) is 7.59 Å². The van der Waals surface area contributed by atoms with Crippen LogP contribution in [-0.4, -0.2) is 40.4 Å². The van der Waals surface area contributed by atoms with E-state index in [1.54, 1.807) is 26.0 Å². The van der Waals surface area contributed by atoms with Gasteiger partial charge in [0, 0.05) is 4.47 Å². The van der Waals surface area contributed by atoms with Crippen LogP contribution in [0.4, 0.5) is 15.3 Å². The number of ether oxygens (including phenoxy) is 2. The molecule has 0 atom stereocenters. The Kier molecular flexibility index (Phi) is 9.50. The predicted molar refractivity (Wildman–Crippen MR) is 128 cm³/mol. The Morgan fingerprint density at radius 3 is 1.78 bits per heavy atom. The molecule has 8 nitrogen and oxygen atoms in total. The molecule has 1 aromatic carbocycles. The summed E-state index contributed by atoms with van der Waals surface area (Å²) in [5.41, 5.74) is 0.106. The van der Waals surface area contributed by atoms with Gasteiger partial charge in [-0.25, -0.2) is 24.5 Å². The van der Waals surface area contributed by atoms with Crippen LogP contribution in [0.25, 0.3) is 11.4 Å². The largest absolute Gasteiger partial charge is 0.449 e. The Bertz CT molecular complexity index is 965. The maximum absolute atomic E-state index is 12.6. The standard InChI is InChI=1S/C17H13BrCl6N4O4/c1-3-31-14(29)28(15(30)32-4-2)9-7-5-6-8(18)10(9)11-25-12(16(19,20)21)27-13(26-11)17(22,23)24/h5-7H,3-4H2,1-2H3. The number of aromatic nitrogens is 3. The average molecular weight is 630 g/mol. The molecule has 0 fully saturated rings. The number of carbonyl (C=O) groups excluding carboxylic acids is 2. The summed E-state index contributed by atoms with van der Waals surface area (Å²) in [5, 5.41) is 0. The predicted octanol–water partition coefficient (Wildman–Crippen LogP) is 7.07. The molecule has 2 amide bonds. The highest BCUT2D eigenvalue weighted by Crippen LogP contribution is 2.43. The molecule has 0 spiro atoms. The Morgan fingerprint density at radius 2 is 1.38 bits per heavy atom. The van der Waals surface area contributed by atoms with E-state index < -0.39 is 19.8 Å². The number of anilines is 1. The fourth-order valence-electron chi connectivity index (χ4n) is 2.31. The maximum Gasteiger partial charge on any atom is 0.424 e. The molecule has 1 aromatic heterocycles. The number of halogens is 7. The first kappa shape index (κ1) is 27.4. The van der Waals surface area contributed by atoms with Gasteiger partial charge in [-0.3, -0.25) is 0 Å². The van der Waals surface area contributed by atoms with Crippen molar-refractivity contribution in [2.75, 3.05) is 18.1 Å². The first-order valence-electron chi connectivity index (χ1n) is 8.64. The Balaban J connectivity index is 2.85. The van der Waals surface area contributed by atoms with Crippen molar-refractivity contribution < 1.29 is 19.1 Å².